The number of rotatable bonds is 8. The third-order valence-corrected chi connectivity index (χ3v) is 3.72. The highest BCUT2D eigenvalue weighted by Crippen LogP contribution is 2.12. The van der Waals surface area contributed by atoms with Gasteiger partial charge in [0.05, 0.1) is 19.1 Å². The maximum Gasteiger partial charge on any atom is 0.315 e. The second-order valence-corrected chi connectivity index (χ2v) is 5.29. The Labute approximate surface area is 121 Å². The topological polar surface area (TPSA) is 101 Å². The summed E-state index contributed by atoms with van der Waals surface area (Å²) >= 11 is 1.56. The molecule has 3 N–H and O–H groups in total. The summed E-state index contributed by atoms with van der Waals surface area (Å²) in [7, 11) is 1.41. The number of carboxylic acid groups (broad SMARTS) is 1. The van der Waals surface area contributed by atoms with Crippen LogP contribution in [0.1, 0.15) is 23.2 Å². The molecule has 0 bridgehead atoms. The largest absolute Gasteiger partial charge is 0.481 e. The van der Waals surface area contributed by atoms with Crippen LogP contribution < -0.4 is 10.6 Å². The first-order chi connectivity index (χ1) is 9.55. The van der Waals surface area contributed by atoms with Crippen molar-refractivity contribution in [1.29, 1.82) is 0 Å². The lowest BCUT2D eigenvalue weighted by atomic mass is 10.2. The number of nitrogens with zero attached hydrogens (tertiary/aromatic N) is 1. The number of hydrogen-bond donors (Lipinski definition) is 3. The molecule has 0 saturated carbocycles. The van der Waals surface area contributed by atoms with Crippen LogP contribution in [0.25, 0.3) is 0 Å². The van der Waals surface area contributed by atoms with Crippen LogP contribution in [0.15, 0.2) is 6.20 Å². The van der Waals surface area contributed by atoms with E-state index in [1.165, 1.54) is 12.0 Å². The quantitative estimate of drug-likeness (QED) is 0.665. The summed E-state index contributed by atoms with van der Waals surface area (Å²) < 4.78 is 4.96. The summed E-state index contributed by atoms with van der Waals surface area (Å²) in [4.78, 5) is 27.4. The molecule has 0 aliphatic carbocycles. The van der Waals surface area contributed by atoms with Crippen molar-refractivity contribution in [2.45, 2.75) is 32.4 Å². The van der Waals surface area contributed by atoms with E-state index in [-0.39, 0.29) is 19.0 Å². The standard InChI is InChI=1S/C12H19N3O4S/c1-3-9-6-13-10(20-9)7-15-12(18)14-5-8(19-2)4-11(16)17/h6,8H,3-5,7H2,1-2H3,(H,16,17)(H2,14,15,18). The fraction of sp³-hybridized carbons (Fsp3) is 0.583. The predicted molar refractivity (Wildman–Crippen MR) is 74.8 cm³/mol. The molecule has 20 heavy (non-hydrogen) atoms. The average molecular weight is 301 g/mol. The number of hydrogen-bond acceptors (Lipinski definition) is 5. The minimum atomic E-state index is -0.964. The first kappa shape index (κ1) is 16.4. The summed E-state index contributed by atoms with van der Waals surface area (Å²) in [6.07, 6.45) is 2.04. The maximum atomic E-state index is 11.6. The van der Waals surface area contributed by atoms with E-state index >= 15 is 0 Å². The van der Waals surface area contributed by atoms with E-state index in [2.05, 4.69) is 15.6 Å². The zero-order chi connectivity index (χ0) is 15.0. The molecule has 1 heterocycles. The van der Waals surface area contributed by atoms with E-state index in [9.17, 15) is 9.59 Å². The molecular weight excluding hydrogens is 282 g/mol. The van der Waals surface area contributed by atoms with E-state index in [0.29, 0.717) is 6.54 Å². The Kier molecular flexibility index (Phi) is 6.96. The van der Waals surface area contributed by atoms with Crippen molar-refractivity contribution >= 4 is 23.3 Å². The third-order valence-electron chi connectivity index (χ3n) is 2.58. The van der Waals surface area contributed by atoms with Crippen LogP contribution in [0.4, 0.5) is 4.79 Å². The molecule has 7 nitrogen and oxygen atoms in total. The van der Waals surface area contributed by atoms with Crippen LogP contribution in [0, 0.1) is 0 Å². The Morgan fingerprint density at radius 3 is 2.80 bits per heavy atom. The molecular formula is C12H19N3O4S. The van der Waals surface area contributed by atoms with Gasteiger partial charge in [0.25, 0.3) is 0 Å². The number of urea groups is 1. The average Bonchev–Trinajstić information content (AvgIpc) is 2.88. The fourth-order valence-electron chi connectivity index (χ4n) is 1.45. The molecule has 0 aliphatic rings. The minimum absolute atomic E-state index is 0.146. The van der Waals surface area contributed by atoms with E-state index < -0.39 is 12.1 Å². The molecule has 0 aliphatic heterocycles. The van der Waals surface area contributed by atoms with Gasteiger partial charge in [0, 0.05) is 24.7 Å². The number of aromatic nitrogens is 1. The monoisotopic (exact) mass is 301 g/mol. The summed E-state index contributed by atoms with van der Waals surface area (Å²) in [6, 6.07) is -0.370. The molecule has 1 aromatic rings. The molecule has 8 heteroatoms. The van der Waals surface area contributed by atoms with Gasteiger partial charge in [-0.2, -0.15) is 0 Å². The highest BCUT2D eigenvalue weighted by Gasteiger charge is 2.13. The van der Waals surface area contributed by atoms with Crippen molar-refractivity contribution in [3.8, 4) is 0 Å². The van der Waals surface area contributed by atoms with Crippen LogP contribution in [0.5, 0.6) is 0 Å². The molecule has 0 radical (unpaired) electrons. The number of aliphatic carboxylic acids is 1. The van der Waals surface area contributed by atoms with Crippen molar-refractivity contribution < 1.29 is 19.4 Å². The second kappa shape index (κ2) is 8.49. The Bertz CT molecular complexity index is 450. The number of amides is 2. The summed E-state index contributed by atoms with van der Waals surface area (Å²) in [5.41, 5.74) is 0. The molecule has 112 valence electrons. The third kappa shape index (κ3) is 5.98. The highest BCUT2D eigenvalue weighted by molar-refractivity contribution is 7.11. The van der Waals surface area contributed by atoms with Gasteiger partial charge in [-0.05, 0) is 6.42 Å². The van der Waals surface area contributed by atoms with Gasteiger partial charge in [-0.1, -0.05) is 6.92 Å². The number of methoxy groups -OCH3 is 1. The van der Waals surface area contributed by atoms with Crippen LogP contribution >= 0.6 is 11.3 Å². The maximum absolute atomic E-state index is 11.6. The second-order valence-electron chi connectivity index (χ2n) is 4.09. The van der Waals surface area contributed by atoms with Gasteiger partial charge in [0.1, 0.15) is 5.01 Å². The van der Waals surface area contributed by atoms with Crippen LogP contribution in [0.3, 0.4) is 0 Å². The normalized spacial score (nSPS) is 11.9. The number of nitrogens with one attached hydrogen (secondary N) is 2. The number of carboxylic acids is 1. The number of aryl methyl sites for hydroxylation is 1. The van der Waals surface area contributed by atoms with Gasteiger partial charge in [-0.3, -0.25) is 4.79 Å². The molecule has 1 atom stereocenters. The molecule has 0 fully saturated rings. The molecule has 1 unspecified atom stereocenters. The van der Waals surface area contributed by atoms with Crippen LogP contribution in [0.2, 0.25) is 0 Å². The van der Waals surface area contributed by atoms with Gasteiger partial charge in [0.2, 0.25) is 0 Å². The van der Waals surface area contributed by atoms with Gasteiger partial charge in [0.15, 0.2) is 0 Å². The predicted octanol–water partition coefficient (Wildman–Crippen LogP) is 0.994. The number of ether oxygens (including phenoxy) is 1. The fourth-order valence-corrected chi connectivity index (χ4v) is 2.25. The van der Waals surface area contributed by atoms with Crippen LogP contribution in [-0.4, -0.2) is 41.8 Å². The van der Waals surface area contributed by atoms with Gasteiger partial charge in [-0.25, -0.2) is 9.78 Å². The lowest BCUT2D eigenvalue weighted by Crippen LogP contribution is -2.40. The lowest BCUT2D eigenvalue weighted by molar-refractivity contribution is -0.139. The van der Waals surface area contributed by atoms with Crippen molar-refractivity contribution in [3.05, 3.63) is 16.1 Å². The van der Waals surface area contributed by atoms with Crippen molar-refractivity contribution in [1.82, 2.24) is 15.6 Å². The Morgan fingerprint density at radius 2 is 2.25 bits per heavy atom. The number of thiazole rings is 1. The van der Waals surface area contributed by atoms with Gasteiger partial charge < -0.3 is 20.5 Å². The first-order valence-electron chi connectivity index (χ1n) is 6.25. The van der Waals surface area contributed by atoms with Crippen molar-refractivity contribution in [2.24, 2.45) is 0 Å². The number of carbonyl (C=O) groups excluding carboxylic acids is 1. The zero-order valence-corrected chi connectivity index (χ0v) is 12.3. The van der Waals surface area contributed by atoms with Gasteiger partial charge in [-0.15, -0.1) is 11.3 Å². The summed E-state index contributed by atoms with van der Waals surface area (Å²) in [6.45, 7) is 2.55. The number of carbonyl (C=O) groups is 2. The Balaban J connectivity index is 2.27. The first-order valence-corrected chi connectivity index (χ1v) is 7.06. The lowest BCUT2D eigenvalue weighted by Gasteiger charge is -2.14. The molecule has 1 aromatic heterocycles. The van der Waals surface area contributed by atoms with Gasteiger partial charge >= 0.3 is 12.0 Å². The van der Waals surface area contributed by atoms with Crippen LogP contribution in [-0.2, 0) is 22.5 Å². The molecule has 2 amide bonds. The smallest absolute Gasteiger partial charge is 0.315 e. The highest BCUT2D eigenvalue weighted by atomic mass is 32.1. The van der Waals surface area contributed by atoms with E-state index in [4.69, 9.17) is 9.84 Å². The minimum Gasteiger partial charge on any atom is -0.481 e. The molecule has 0 saturated heterocycles. The Hall–Kier alpha value is -1.67. The van der Waals surface area contributed by atoms with E-state index in [1.54, 1.807) is 17.5 Å². The summed E-state index contributed by atoms with van der Waals surface area (Å²) in [5.74, 6) is -0.964. The van der Waals surface area contributed by atoms with Crippen molar-refractivity contribution in [3.63, 3.8) is 0 Å². The SMILES string of the molecule is CCc1cnc(CNC(=O)NCC(CC(=O)O)OC)s1. The summed E-state index contributed by atoms with van der Waals surface area (Å²) in [5, 5.41) is 14.7. The molecule has 0 spiro atoms. The molecule has 0 aromatic carbocycles. The van der Waals surface area contributed by atoms with E-state index in [0.717, 1.165) is 11.4 Å². The van der Waals surface area contributed by atoms with E-state index in [1.807, 2.05) is 6.92 Å². The molecule has 1 rings (SSSR count). The van der Waals surface area contributed by atoms with Crippen molar-refractivity contribution in [2.75, 3.05) is 13.7 Å². The zero-order valence-electron chi connectivity index (χ0n) is 11.5. The Morgan fingerprint density at radius 1 is 1.50 bits per heavy atom.